The summed E-state index contributed by atoms with van der Waals surface area (Å²) in [4.78, 5) is 1.25. The summed E-state index contributed by atoms with van der Waals surface area (Å²) in [5, 5.41) is 0. The van der Waals surface area contributed by atoms with E-state index in [0.29, 0.717) is 0 Å². The summed E-state index contributed by atoms with van der Waals surface area (Å²) >= 11 is 1.84. The van der Waals surface area contributed by atoms with Gasteiger partial charge in [0, 0.05) is 15.7 Å². The van der Waals surface area contributed by atoms with Gasteiger partial charge in [0.15, 0.2) is 0 Å². The van der Waals surface area contributed by atoms with Crippen LogP contribution in [0.15, 0.2) is 41.8 Å². The van der Waals surface area contributed by atoms with Gasteiger partial charge in [-0.1, -0.05) is 45.0 Å². The van der Waals surface area contributed by atoms with Gasteiger partial charge in [0.2, 0.25) is 0 Å². The third-order valence-corrected chi connectivity index (χ3v) is 3.15. The molecule has 0 saturated heterocycles. The molecule has 0 aliphatic rings. The minimum Gasteiger partial charge on any atom is -0.321 e. The number of benzene rings is 1. The Morgan fingerprint density at radius 1 is 1.31 bits per heavy atom. The molecule has 1 nitrogen and oxygen atoms in total. The van der Waals surface area contributed by atoms with Gasteiger partial charge in [-0.15, -0.1) is 30.7 Å². The summed E-state index contributed by atoms with van der Waals surface area (Å²) < 4.78 is 0.205. The monoisotopic (exact) mass is 257 g/mol. The molecule has 0 bridgehead atoms. The Bertz CT molecular complexity index is 344. The maximum absolute atomic E-state index is 5.98. The van der Waals surface area contributed by atoms with Crippen LogP contribution < -0.4 is 5.73 Å². The zero-order valence-corrected chi connectivity index (χ0v) is 11.7. The third-order valence-electron chi connectivity index (χ3n) is 1.95. The standard InChI is InChI=1S/C13H19NS.ClH/c1-5-11(14)10-8-6-7-9-12(10)15-13(2,3)4;/h5-9,11H,1,14H2,2-4H3;1H/t11-;/m0./s1. The van der Waals surface area contributed by atoms with E-state index in [2.05, 4.69) is 39.5 Å². The molecule has 2 N–H and O–H groups in total. The topological polar surface area (TPSA) is 26.0 Å². The third kappa shape index (κ3) is 4.60. The van der Waals surface area contributed by atoms with Crippen LogP contribution in [0, 0.1) is 0 Å². The SMILES string of the molecule is C=C[C@H](N)c1ccccc1SC(C)(C)C.Cl. The summed E-state index contributed by atoms with van der Waals surface area (Å²) in [7, 11) is 0. The zero-order valence-electron chi connectivity index (χ0n) is 10.1. The summed E-state index contributed by atoms with van der Waals surface area (Å²) in [5.41, 5.74) is 7.14. The Balaban J connectivity index is 0.00000225. The summed E-state index contributed by atoms with van der Waals surface area (Å²) in [6.45, 7) is 10.3. The van der Waals surface area contributed by atoms with Crippen LogP contribution in [0.2, 0.25) is 0 Å². The van der Waals surface area contributed by atoms with Gasteiger partial charge in [0.1, 0.15) is 0 Å². The fraction of sp³-hybridized carbons (Fsp3) is 0.385. The lowest BCUT2D eigenvalue weighted by atomic mass is 10.1. The van der Waals surface area contributed by atoms with Crippen molar-refractivity contribution in [1.82, 2.24) is 0 Å². The number of rotatable bonds is 3. The van der Waals surface area contributed by atoms with Crippen LogP contribution in [0.1, 0.15) is 32.4 Å². The molecule has 0 unspecified atom stereocenters. The average Bonchev–Trinajstić information content (AvgIpc) is 2.15. The molecule has 1 aromatic carbocycles. The molecule has 0 radical (unpaired) electrons. The average molecular weight is 258 g/mol. The molecule has 0 amide bonds. The van der Waals surface area contributed by atoms with Gasteiger partial charge in [0.05, 0.1) is 0 Å². The highest BCUT2D eigenvalue weighted by Crippen LogP contribution is 2.35. The van der Waals surface area contributed by atoms with Crippen molar-refractivity contribution in [2.24, 2.45) is 5.73 Å². The van der Waals surface area contributed by atoms with Crippen LogP contribution in [0.25, 0.3) is 0 Å². The van der Waals surface area contributed by atoms with Crippen LogP contribution >= 0.6 is 24.2 Å². The van der Waals surface area contributed by atoms with E-state index in [4.69, 9.17) is 5.73 Å². The number of hydrogen-bond acceptors (Lipinski definition) is 2. The van der Waals surface area contributed by atoms with Crippen molar-refractivity contribution in [3.05, 3.63) is 42.5 Å². The van der Waals surface area contributed by atoms with Crippen LogP contribution in [-0.4, -0.2) is 4.75 Å². The lowest BCUT2D eigenvalue weighted by Crippen LogP contribution is -2.11. The van der Waals surface area contributed by atoms with Gasteiger partial charge in [0.25, 0.3) is 0 Å². The molecule has 16 heavy (non-hydrogen) atoms. The largest absolute Gasteiger partial charge is 0.321 e. The quantitative estimate of drug-likeness (QED) is 0.649. The van der Waals surface area contributed by atoms with Gasteiger partial charge in [-0.25, -0.2) is 0 Å². The first-order valence-electron chi connectivity index (χ1n) is 5.10. The Morgan fingerprint density at radius 2 is 1.88 bits per heavy atom. The normalized spacial score (nSPS) is 12.8. The highest BCUT2D eigenvalue weighted by atomic mass is 35.5. The highest BCUT2D eigenvalue weighted by molar-refractivity contribution is 8.00. The van der Waals surface area contributed by atoms with E-state index >= 15 is 0 Å². The second kappa shape index (κ2) is 6.33. The Kier molecular flexibility index (Phi) is 6.16. The number of hydrogen-bond donors (Lipinski definition) is 1. The molecule has 1 aromatic rings. The molecule has 0 heterocycles. The highest BCUT2D eigenvalue weighted by Gasteiger charge is 2.16. The van der Waals surface area contributed by atoms with Gasteiger partial charge < -0.3 is 5.73 Å². The van der Waals surface area contributed by atoms with Crippen molar-refractivity contribution < 1.29 is 0 Å². The minimum atomic E-state index is -0.0731. The van der Waals surface area contributed by atoms with Crippen LogP contribution in [-0.2, 0) is 0 Å². The molecule has 0 fully saturated rings. The molecule has 1 rings (SSSR count). The maximum atomic E-state index is 5.98. The minimum absolute atomic E-state index is 0. The van der Waals surface area contributed by atoms with E-state index in [1.807, 2.05) is 23.9 Å². The predicted octanol–water partition coefficient (Wildman–Crippen LogP) is 4.18. The maximum Gasteiger partial charge on any atom is 0.0489 e. The van der Waals surface area contributed by atoms with Crippen molar-refractivity contribution >= 4 is 24.2 Å². The van der Waals surface area contributed by atoms with Crippen LogP contribution in [0.3, 0.4) is 0 Å². The van der Waals surface area contributed by atoms with Crippen molar-refractivity contribution in [3.63, 3.8) is 0 Å². The fourth-order valence-corrected chi connectivity index (χ4v) is 2.43. The Hall–Kier alpha value is -0.440. The van der Waals surface area contributed by atoms with Gasteiger partial charge in [-0.3, -0.25) is 0 Å². The van der Waals surface area contributed by atoms with Crippen molar-refractivity contribution in [3.8, 4) is 0 Å². The van der Waals surface area contributed by atoms with Gasteiger partial charge >= 0.3 is 0 Å². The zero-order chi connectivity index (χ0) is 11.5. The van der Waals surface area contributed by atoms with Crippen LogP contribution in [0.5, 0.6) is 0 Å². The second-order valence-electron chi connectivity index (χ2n) is 4.51. The van der Waals surface area contributed by atoms with Crippen molar-refractivity contribution in [1.29, 1.82) is 0 Å². The first-order chi connectivity index (χ1) is 6.94. The summed E-state index contributed by atoms with van der Waals surface area (Å²) in [6, 6.07) is 8.18. The molecule has 90 valence electrons. The molecule has 0 spiro atoms. The van der Waals surface area contributed by atoms with E-state index in [-0.39, 0.29) is 23.2 Å². The van der Waals surface area contributed by atoms with E-state index in [0.717, 1.165) is 5.56 Å². The van der Waals surface area contributed by atoms with Crippen LogP contribution in [0.4, 0.5) is 0 Å². The van der Waals surface area contributed by atoms with Gasteiger partial charge in [-0.05, 0) is 11.6 Å². The molecule has 1 atom stereocenters. The smallest absolute Gasteiger partial charge is 0.0489 e. The second-order valence-corrected chi connectivity index (χ2v) is 6.38. The lowest BCUT2D eigenvalue weighted by Gasteiger charge is -2.21. The van der Waals surface area contributed by atoms with E-state index in [1.165, 1.54) is 4.90 Å². The van der Waals surface area contributed by atoms with E-state index in [9.17, 15) is 0 Å². The molecular weight excluding hydrogens is 238 g/mol. The predicted molar refractivity (Wildman–Crippen MR) is 76.4 cm³/mol. The molecule has 0 aliphatic carbocycles. The number of halogens is 1. The summed E-state index contributed by atoms with van der Waals surface area (Å²) in [5.74, 6) is 0. The van der Waals surface area contributed by atoms with E-state index in [1.54, 1.807) is 6.08 Å². The molecule has 0 aromatic heterocycles. The Labute approximate surface area is 109 Å². The van der Waals surface area contributed by atoms with E-state index < -0.39 is 0 Å². The first-order valence-corrected chi connectivity index (χ1v) is 5.92. The summed E-state index contributed by atoms with van der Waals surface area (Å²) in [6.07, 6.45) is 1.78. The van der Waals surface area contributed by atoms with Crippen molar-refractivity contribution in [2.75, 3.05) is 0 Å². The molecule has 0 aliphatic heterocycles. The Morgan fingerprint density at radius 3 is 2.38 bits per heavy atom. The molecule has 0 saturated carbocycles. The lowest BCUT2D eigenvalue weighted by molar-refractivity contribution is 0.798. The molecular formula is C13H20ClNS. The fourth-order valence-electron chi connectivity index (χ4n) is 1.31. The number of thioether (sulfide) groups is 1. The first kappa shape index (κ1) is 15.6. The number of nitrogens with two attached hydrogens (primary N) is 1. The van der Waals surface area contributed by atoms with Gasteiger partial charge in [-0.2, -0.15) is 0 Å². The molecule has 3 heteroatoms. The van der Waals surface area contributed by atoms with Crippen molar-refractivity contribution in [2.45, 2.75) is 36.5 Å².